The van der Waals surface area contributed by atoms with Crippen LogP contribution in [0.5, 0.6) is 5.88 Å². The fourth-order valence-electron chi connectivity index (χ4n) is 4.26. The number of sulfonamides is 1. The van der Waals surface area contributed by atoms with Crippen molar-refractivity contribution in [2.24, 2.45) is 0 Å². The van der Waals surface area contributed by atoms with E-state index in [0.29, 0.717) is 43.8 Å². The van der Waals surface area contributed by atoms with Crippen molar-refractivity contribution in [3.05, 3.63) is 75.3 Å². The topological polar surface area (TPSA) is 123 Å². The summed E-state index contributed by atoms with van der Waals surface area (Å²) in [4.78, 5) is 30.9. The first-order valence-corrected chi connectivity index (χ1v) is 12.9. The SMILES string of the molecule is COc1nc2ccccc2cc1C(=O)Cc1cc(CN2CCN(S(C)(=O)=O)CC2)ccc1[N+](=O)[O-]. The number of ketones is 1. The predicted octanol–water partition coefficient (Wildman–Crippen LogP) is 2.65. The lowest BCUT2D eigenvalue weighted by molar-refractivity contribution is -0.385. The van der Waals surface area contributed by atoms with Crippen molar-refractivity contribution in [2.75, 3.05) is 39.5 Å². The van der Waals surface area contributed by atoms with Crippen molar-refractivity contribution in [1.29, 1.82) is 0 Å². The van der Waals surface area contributed by atoms with Crippen molar-refractivity contribution in [2.45, 2.75) is 13.0 Å². The lowest BCUT2D eigenvalue weighted by atomic mass is 9.99. The van der Waals surface area contributed by atoms with E-state index in [2.05, 4.69) is 9.88 Å². The minimum Gasteiger partial charge on any atom is -0.480 e. The van der Waals surface area contributed by atoms with Crippen molar-refractivity contribution in [3.63, 3.8) is 0 Å². The Bertz CT molecular complexity index is 1380. The second kappa shape index (κ2) is 10.1. The van der Waals surface area contributed by atoms with Crippen LogP contribution in [0.2, 0.25) is 0 Å². The van der Waals surface area contributed by atoms with E-state index < -0.39 is 14.9 Å². The van der Waals surface area contributed by atoms with E-state index in [9.17, 15) is 23.3 Å². The van der Waals surface area contributed by atoms with E-state index in [0.717, 1.165) is 10.9 Å². The van der Waals surface area contributed by atoms with Crippen LogP contribution in [0.15, 0.2) is 48.5 Å². The number of para-hydroxylation sites is 1. The minimum absolute atomic E-state index is 0.128. The number of ether oxygens (including phenoxy) is 1. The largest absolute Gasteiger partial charge is 0.480 e. The summed E-state index contributed by atoms with van der Waals surface area (Å²) in [5.74, 6) is -0.154. The van der Waals surface area contributed by atoms with Crippen LogP contribution in [-0.2, 0) is 23.0 Å². The Labute approximate surface area is 203 Å². The standard InChI is InChI=1S/C24H26N4O6S/c1-34-24-20(14-18-5-3-4-6-21(18)25-24)23(29)15-19-13-17(7-8-22(19)28(30)31)16-26-9-11-27(12-10-26)35(2,32)33/h3-8,13-14H,9-12,15-16H2,1-2H3. The van der Waals surface area contributed by atoms with Gasteiger partial charge in [0.15, 0.2) is 5.78 Å². The molecule has 184 valence electrons. The molecule has 2 aromatic carbocycles. The summed E-state index contributed by atoms with van der Waals surface area (Å²) in [5.41, 5.74) is 1.95. The molecule has 1 saturated heterocycles. The Balaban J connectivity index is 1.56. The molecule has 35 heavy (non-hydrogen) atoms. The van der Waals surface area contributed by atoms with E-state index >= 15 is 0 Å². The number of fused-ring (bicyclic) bond motifs is 1. The van der Waals surface area contributed by atoms with Crippen LogP contribution in [-0.4, -0.2) is 72.9 Å². The highest BCUT2D eigenvalue weighted by atomic mass is 32.2. The van der Waals surface area contributed by atoms with E-state index in [1.807, 2.05) is 24.3 Å². The number of pyridine rings is 1. The molecule has 0 radical (unpaired) electrons. The second-order valence-electron chi connectivity index (χ2n) is 8.50. The Hall–Kier alpha value is -3.41. The quantitative estimate of drug-likeness (QED) is 0.264. The van der Waals surface area contributed by atoms with Crippen molar-refractivity contribution >= 4 is 32.4 Å². The van der Waals surface area contributed by atoms with Crippen LogP contribution < -0.4 is 4.74 Å². The number of carbonyl (C=O) groups is 1. The Morgan fingerprint density at radius 3 is 2.49 bits per heavy atom. The number of rotatable bonds is 8. The number of aromatic nitrogens is 1. The first-order chi connectivity index (χ1) is 16.7. The number of piperazine rings is 1. The van der Waals surface area contributed by atoms with Gasteiger partial charge < -0.3 is 4.74 Å². The highest BCUT2D eigenvalue weighted by Gasteiger charge is 2.25. The molecule has 11 heteroatoms. The van der Waals surface area contributed by atoms with E-state index in [1.54, 1.807) is 18.2 Å². The maximum atomic E-state index is 13.2. The average Bonchev–Trinajstić information content (AvgIpc) is 2.83. The number of benzene rings is 2. The fourth-order valence-corrected chi connectivity index (χ4v) is 5.08. The van der Waals surface area contributed by atoms with Gasteiger partial charge in [0.05, 0.1) is 29.4 Å². The minimum atomic E-state index is -3.22. The fraction of sp³-hybridized carbons (Fsp3) is 0.333. The Morgan fingerprint density at radius 2 is 1.83 bits per heavy atom. The molecule has 1 aliphatic heterocycles. The summed E-state index contributed by atoms with van der Waals surface area (Å²) in [6.45, 7) is 2.39. The van der Waals surface area contributed by atoms with Crippen LogP contribution in [0, 0.1) is 10.1 Å². The smallest absolute Gasteiger partial charge is 0.273 e. The molecule has 0 spiro atoms. The van der Waals surface area contributed by atoms with E-state index in [1.165, 1.54) is 23.7 Å². The number of hydrogen-bond donors (Lipinski definition) is 0. The number of nitro groups is 1. The molecular formula is C24H26N4O6S. The molecule has 3 aromatic rings. The molecule has 10 nitrogen and oxygen atoms in total. The number of Topliss-reactive ketones (excluding diaryl/α,β-unsaturated/α-hetero) is 1. The van der Waals surface area contributed by atoms with E-state index in [4.69, 9.17) is 4.74 Å². The summed E-state index contributed by atoms with van der Waals surface area (Å²) in [7, 11) is -1.79. The zero-order valence-electron chi connectivity index (χ0n) is 19.5. The summed E-state index contributed by atoms with van der Waals surface area (Å²) in [6, 6.07) is 13.8. The van der Waals surface area contributed by atoms with Crippen molar-refractivity contribution in [3.8, 4) is 5.88 Å². The second-order valence-corrected chi connectivity index (χ2v) is 10.5. The first kappa shape index (κ1) is 24.7. The summed E-state index contributed by atoms with van der Waals surface area (Å²) in [6.07, 6.45) is 1.02. The van der Waals surface area contributed by atoms with Gasteiger partial charge in [-0.05, 0) is 23.8 Å². The number of nitrogens with zero attached hydrogens (tertiary/aromatic N) is 4. The predicted molar refractivity (Wildman–Crippen MR) is 131 cm³/mol. The zero-order chi connectivity index (χ0) is 25.2. The summed E-state index contributed by atoms with van der Waals surface area (Å²) >= 11 is 0. The number of nitro benzene ring substituents is 1. The lowest BCUT2D eigenvalue weighted by Crippen LogP contribution is -2.47. The molecule has 0 atom stereocenters. The van der Waals surface area contributed by atoms with Crippen LogP contribution in [0.1, 0.15) is 21.5 Å². The molecule has 2 heterocycles. The third-order valence-electron chi connectivity index (χ3n) is 6.08. The van der Waals surface area contributed by atoms with Crippen LogP contribution in [0.4, 0.5) is 5.69 Å². The van der Waals surface area contributed by atoms with Crippen molar-refractivity contribution < 1.29 is 22.9 Å². The molecule has 0 amide bonds. The Morgan fingerprint density at radius 1 is 1.11 bits per heavy atom. The van der Waals surface area contributed by atoms with Crippen LogP contribution in [0.25, 0.3) is 10.9 Å². The summed E-state index contributed by atoms with van der Waals surface area (Å²) in [5, 5.41) is 12.4. The third-order valence-corrected chi connectivity index (χ3v) is 7.38. The van der Waals surface area contributed by atoms with Gasteiger partial charge in [0.2, 0.25) is 15.9 Å². The van der Waals surface area contributed by atoms with Crippen molar-refractivity contribution in [1.82, 2.24) is 14.2 Å². The Kier molecular flexibility index (Phi) is 7.10. The number of methoxy groups -OCH3 is 1. The molecular weight excluding hydrogens is 472 g/mol. The number of hydrogen-bond acceptors (Lipinski definition) is 8. The van der Waals surface area contributed by atoms with Gasteiger partial charge in [-0.1, -0.05) is 24.3 Å². The van der Waals surface area contributed by atoms with Gasteiger partial charge in [0.25, 0.3) is 5.69 Å². The highest BCUT2D eigenvalue weighted by molar-refractivity contribution is 7.88. The maximum Gasteiger partial charge on any atom is 0.273 e. The number of carbonyl (C=O) groups excluding carboxylic acids is 1. The zero-order valence-corrected chi connectivity index (χ0v) is 20.3. The molecule has 4 rings (SSSR count). The van der Waals surface area contributed by atoms with Gasteiger partial charge in [-0.3, -0.25) is 19.8 Å². The molecule has 0 aliphatic carbocycles. The maximum absolute atomic E-state index is 13.2. The third kappa shape index (κ3) is 5.64. The van der Waals surface area contributed by atoms with Gasteiger partial charge in [0, 0.05) is 56.2 Å². The average molecular weight is 499 g/mol. The highest BCUT2D eigenvalue weighted by Crippen LogP contribution is 2.27. The van der Waals surface area contributed by atoms with Gasteiger partial charge in [-0.15, -0.1) is 0 Å². The van der Waals surface area contributed by atoms with Gasteiger partial charge in [0.1, 0.15) is 0 Å². The van der Waals surface area contributed by atoms with Gasteiger partial charge >= 0.3 is 0 Å². The molecule has 1 fully saturated rings. The van der Waals surface area contributed by atoms with Crippen LogP contribution >= 0.6 is 0 Å². The molecule has 0 bridgehead atoms. The first-order valence-electron chi connectivity index (χ1n) is 11.1. The summed E-state index contributed by atoms with van der Waals surface area (Å²) < 4.78 is 30.2. The van der Waals surface area contributed by atoms with Crippen LogP contribution in [0.3, 0.4) is 0 Å². The van der Waals surface area contributed by atoms with Gasteiger partial charge in [-0.2, -0.15) is 4.31 Å². The van der Waals surface area contributed by atoms with E-state index in [-0.39, 0.29) is 29.3 Å². The monoisotopic (exact) mass is 498 g/mol. The van der Waals surface area contributed by atoms with Gasteiger partial charge in [-0.25, -0.2) is 13.4 Å². The molecule has 0 saturated carbocycles. The lowest BCUT2D eigenvalue weighted by Gasteiger charge is -2.33. The molecule has 1 aromatic heterocycles. The molecule has 0 unspecified atom stereocenters. The molecule has 0 N–H and O–H groups in total. The molecule has 1 aliphatic rings. The normalized spacial score (nSPS) is 15.3.